The number of carbonyl (C=O) groups excluding carboxylic acids is 3. The first kappa shape index (κ1) is 19.6. The van der Waals surface area contributed by atoms with E-state index in [1.165, 1.54) is 6.07 Å². The summed E-state index contributed by atoms with van der Waals surface area (Å²) in [4.78, 5) is 38.4. The van der Waals surface area contributed by atoms with Crippen molar-refractivity contribution in [2.45, 2.75) is 56.4 Å². The highest BCUT2D eigenvalue weighted by Crippen LogP contribution is 2.37. The average molecular weight is 418 g/mol. The molecule has 1 amide bonds. The molecular formula is C21H24F2N4O3. The highest BCUT2D eigenvalue weighted by Gasteiger charge is 2.41. The molecule has 1 aromatic rings. The monoisotopic (exact) mass is 418 g/mol. The van der Waals surface area contributed by atoms with E-state index < -0.39 is 23.5 Å². The van der Waals surface area contributed by atoms with E-state index in [2.05, 4.69) is 10.6 Å². The van der Waals surface area contributed by atoms with Gasteiger partial charge >= 0.3 is 0 Å². The minimum Gasteiger partial charge on any atom is -0.364 e. The molecule has 1 aromatic carbocycles. The van der Waals surface area contributed by atoms with Crippen LogP contribution in [0.2, 0.25) is 0 Å². The van der Waals surface area contributed by atoms with Crippen LogP contribution in [0.4, 0.5) is 14.5 Å². The van der Waals surface area contributed by atoms with Gasteiger partial charge in [-0.25, -0.2) is 8.78 Å². The van der Waals surface area contributed by atoms with Crippen LogP contribution >= 0.6 is 0 Å². The standard InChI is InChI=1S/C21H24F2N4O3/c22-16-5-14-15(19(23)20(16)26-7-11-1-2-12(8-26)25-11)9-27(21(14)30)13-3-4-17(24-6-13)18(29)10-28/h5,10-13,17,24-25H,1-4,6-9H2. The summed E-state index contributed by atoms with van der Waals surface area (Å²) >= 11 is 0. The summed E-state index contributed by atoms with van der Waals surface area (Å²) in [7, 11) is 0. The molecule has 4 aliphatic heterocycles. The van der Waals surface area contributed by atoms with Gasteiger partial charge in [0, 0.05) is 43.3 Å². The molecule has 160 valence electrons. The molecule has 4 atom stereocenters. The number of hydrogen-bond donors (Lipinski definition) is 2. The van der Waals surface area contributed by atoms with Gasteiger partial charge in [0.15, 0.2) is 12.1 Å². The van der Waals surface area contributed by atoms with Crippen LogP contribution in [0.25, 0.3) is 0 Å². The van der Waals surface area contributed by atoms with Crippen molar-refractivity contribution < 1.29 is 23.2 Å². The number of ketones is 1. The molecule has 4 aliphatic rings. The number of halogens is 2. The summed E-state index contributed by atoms with van der Waals surface area (Å²) in [5.74, 6) is -2.23. The largest absolute Gasteiger partial charge is 0.364 e. The van der Waals surface area contributed by atoms with Gasteiger partial charge in [0.05, 0.1) is 18.2 Å². The Balaban J connectivity index is 1.37. The second kappa shape index (κ2) is 7.39. The fourth-order valence-corrected chi connectivity index (χ4v) is 5.39. The third-order valence-corrected chi connectivity index (χ3v) is 6.94. The van der Waals surface area contributed by atoms with Crippen molar-refractivity contribution in [3.05, 3.63) is 28.8 Å². The van der Waals surface area contributed by atoms with E-state index >= 15 is 4.39 Å². The van der Waals surface area contributed by atoms with Gasteiger partial charge in [-0.3, -0.25) is 14.4 Å². The van der Waals surface area contributed by atoms with Crippen LogP contribution in [0.1, 0.15) is 41.6 Å². The minimum atomic E-state index is -0.693. The molecule has 0 radical (unpaired) electrons. The van der Waals surface area contributed by atoms with Crippen molar-refractivity contribution in [3.8, 4) is 0 Å². The smallest absolute Gasteiger partial charge is 0.255 e. The maximum atomic E-state index is 15.4. The van der Waals surface area contributed by atoms with E-state index in [1.54, 1.807) is 9.80 Å². The topological polar surface area (TPSA) is 81.8 Å². The zero-order valence-electron chi connectivity index (χ0n) is 16.5. The second-order valence-corrected chi connectivity index (χ2v) is 8.74. The molecular weight excluding hydrogens is 394 g/mol. The van der Waals surface area contributed by atoms with Crippen molar-refractivity contribution in [1.82, 2.24) is 15.5 Å². The number of hydrogen-bond acceptors (Lipinski definition) is 6. The van der Waals surface area contributed by atoms with E-state index in [0.717, 1.165) is 12.8 Å². The number of piperazine rings is 1. The lowest BCUT2D eigenvalue weighted by Crippen LogP contribution is -2.52. The van der Waals surface area contributed by atoms with Crippen molar-refractivity contribution in [3.63, 3.8) is 0 Å². The van der Waals surface area contributed by atoms with E-state index in [9.17, 15) is 18.8 Å². The summed E-state index contributed by atoms with van der Waals surface area (Å²) in [5.41, 5.74) is 0.298. The Kier molecular flexibility index (Phi) is 4.82. The molecule has 5 rings (SSSR count). The molecule has 7 nitrogen and oxygen atoms in total. The number of piperidine rings is 1. The van der Waals surface area contributed by atoms with E-state index in [4.69, 9.17) is 0 Å². The van der Waals surface area contributed by atoms with Crippen LogP contribution in [0.3, 0.4) is 0 Å². The summed E-state index contributed by atoms with van der Waals surface area (Å²) < 4.78 is 30.4. The first-order valence-electron chi connectivity index (χ1n) is 10.5. The van der Waals surface area contributed by atoms with Crippen molar-refractivity contribution in [1.29, 1.82) is 0 Å². The predicted molar refractivity (Wildman–Crippen MR) is 104 cm³/mol. The molecule has 3 fully saturated rings. The first-order chi connectivity index (χ1) is 14.5. The summed E-state index contributed by atoms with van der Waals surface area (Å²) in [6, 6.07) is 0.882. The van der Waals surface area contributed by atoms with Crippen LogP contribution in [-0.4, -0.2) is 66.7 Å². The lowest BCUT2D eigenvalue weighted by molar-refractivity contribution is -0.131. The Labute approximate surface area is 172 Å². The molecule has 0 aliphatic carbocycles. The van der Waals surface area contributed by atoms with Crippen LogP contribution in [0, 0.1) is 11.6 Å². The van der Waals surface area contributed by atoms with E-state index in [-0.39, 0.29) is 47.4 Å². The second-order valence-electron chi connectivity index (χ2n) is 8.74. The number of benzene rings is 1. The van der Waals surface area contributed by atoms with Gasteiger partial charge in [-0.05, 0) is 31.7 Å². The minimum absolute atomic E-state index is 0.0276. The SMILES string of the molecule is O=CC(=O)C1CCC(N2Cc3c(cc(F)c(N4CC5CCC(C4)N5)c3F)C2=O)CN1. The molecule has 9 heteroatoms. The zero-order valence-corrected chi connectivity index (χ0v) is 16.5. The van der Waals surface area contributed by atoms with Crippen molar-refractivity contribution in [2.75, 3.05) is 24.5 Å². The van der Waals surface area contributed by atoms with Gasteiger partial charge in [0.2, 0.25) is 5.78 Å². The number of carbonyl (C=O) groups is 3. The number of fused-ring (bicyclic) bond motifs is 3. The normalized spacial score (nSPS) is 30.5. The molecule has 30 heavy (non-hydrogen) atoms. The Bertz CT molecular complexity index is 904. The number of nitrogens with one attached hydrogen (secondary N) is 2. The van der Waals surface area contributed by atoms with Gasteiger partial charge in [-0.15, -0.1) is 0 Å². The van der Waals surface area contributed by atoms with Crippen molar-refractivity contribution >= 4 is 23.7 Å². The first-order valence-corrected chi connectivity index (χ1v) is 10.5. The highest BCUT2D eigenvalue weighted by molar-refractivity contribution is 6.27. The summed E-state index contributed by atoms with van der Waals surface area (Å²) in [5, 5.41) is 6.44. The number of amides is 1. The summed E-state index contributed by atoms with van der Waals surface area (Å²) in [6.45, 7) is 1.53. The lowest BCUT2D eigenvalue weighted by atomic mass is 9.97. The van der Waals surface area contributed by atoms with Crippen LogP contribution in [-0.2, 0) is 16.1 Å². The van der Waals surface area contributed by atoms with Gasteiger partial charge in [-0.2, -0.15) is 0 Å². The summed E-state index contributed by atoms with van der Waals surface area (Å²) in [6.07, 6.45) is 3.26. The number of Topliss-reactive ketones (excluding diaryl/α,β-unsaturated/α-hetero) is 1. The van der Waals surface area contributed by atoms with Crippen LogP contribution in [0.5, 0.6) is 0 Å². The van der Waals surface area contributed by atoms with Crippen molar-refractivity contribution in [2.24, 2.45) is 0 Å². The maximum Gasteiger partial charge on any atom is 0.255 e. The predicted octanol–water partition coefficient (Wildman–Crippen LogP) is 0.750. The van der Waals surface area contributed by atoms with Gasteiger partial charge in [0.1, 0.15) is 11.5 Å². The molecule has 4 heterocycles. The average Bonchev–Trinajstić information content (AvgIpc) is 3.26. The third kappa shape index (κ3) is 3.11. The van der Waals surface area contributed by atoms with Gasteiger partial charge < -0.3 is 20.4 Å². The van der Waals surface area contributed by atoms with Crippen LogP contribution < -0.4 is 15.5 Å². The number of aldehydes is 1. The Morgan fingerprint density at radius 1 is 1.13 bits per heavy atom. The molecule has 0 spiro atoms. The fourth-order valence-electron chi connectivity index (χ4n) is 5.39. The zero-order chi connectivity index (χ0) is 21.0. The Morgan fingerprint density at radius 3 is 2.50 bits per heavy atom. The van der Waals surface area contributed by atoms with Gasteiger partial charge in [-0.1, -0.05) is 0 Å². The molecule has 0 aromatic heterocycles. The highest BCUT2D eigenvalue weighted by atomic mass is 19.1. The Morgan fingerprint density at radius 2 is 1.87 bits per heavy atom. The van der Waals surface area contributed by atoms with Crippen LogP contribution in [0.15, 0.2) is 6.07 Å². The van der Waals surface area contributed by atoms with E-state index in [0.29, 0.717) is 38.8 Å². The molecule has 3 saturated heterocycles. The molecule has 2 N–H and O–H groups in total. The molecule has 4 unspecified atom stereocenters. The van der Waals surface area contributed by atoms with E-state index in [1.807, 2.05) is 0 Å². The number of rotatable bonds is 4. The lowest BCUT2D eigenvalue weighted by Gasteiger charge is -2.35. The quantitative estimate of drug-likeness (QED) is 0.555. The maximum absolute atomic E-state index is 15.4. The number of nitrogens with zero attached hydrogens (tertiary/aromatic N) is 2. The molecule has 2 bridgehead atoms. The Hall–Kier alpha value is -2.39. The molecule has 0 saturated carbocycles. The number of anilines is 1. The van der Waals surface area contributed by atoms with Gasteiger partial charge in [0.25, 0.3) is 5.91 Å². The fraction of sp³-hybridized carbons (Fsp3) is 0.571. The third-order valence-electron chi connectivity index (χ3n) is 6.94.